The van der Waals surface area contributed by atoms with Gasteiger partial charge in [0.05, 0.1) is 6.61 Å². The van der Waals surface area contributed by atoms with E-state index in [-0.39, 0.29) is 11.9 Å². The van der Waals surface area contributed by atoms with Gasteiger partial charge in [0, 0.05) is 37.8 Å². The standard InChI is InChI=1S/C20H29N3O3/c1-2-26-18-10-8-16(9-11-18)19(24)22-12-5-13-23(15-14-22)20(25)21-17-6-3-4-7-17/h8-11,17H,2-7,12-15H2,1H3,(H,21,25). The Morgan fingerprint density at radius 2 is 1.65 bits per heavy atom. The Labute approximate surface area is 155 Å². The zero-order valence-electron chi connectivity index (χ0n) is 15.6. The molecule has 1 aromatic carbocycles. The summed E-state index contributed by atoms with van der Waals surface area (Å²) in [7, 11) is 0. The summed E-state index contributed by atoms with van der Waals surface area (Å²) < 4.78 is 5.42. The highest BCUT2D eigenvalue weighted by molar-refractivity contribution is 5.94. The molecular formula is C20H29N3O3. The van der Waals surface area contributed by atoms with E-state index in [0.29, 0.717) is 44.4 Å². The SMILES string of the molecule is CCOc1ccc(C(=O)N2CCCN(C(=O)NC3CCCC3)CC2)cc1. The first kappa shape index (κ1) is 18.5. The van der Waals surface area contributed by atoms with Gasteiger partial charge in [0.15, 0.2) is 0 Å². The predicted octanol–water partition coefficient (Wildman–Crippen LogP) is 2.89. The molecule has 3 rings (SSSR count). The molecule has 3 amide bonds. The van der Waals surface area contributed by atoms with Gasteiger partial charge in [0.2, 0.25) is 0 Å². The van der Waals surface area contributed by atoms with Crippen molar-refractivity contribution in [3.63, 3.8) is 0 Å². The fourth-order valence-corrected chi connectivity index (χ4v) is 3.70. The van der Waals surface area contributed by atoms with Gasteiger partial charge >= 0.3 is 6.03 Å². The number of urea groups is 1. The largest absolute Gasteiger partial charge is 0.494 e. The number of carbonyl (C=O) groups excluding carboxylic acids is 2. The average molecular weight is 359 g/mol. The molecule has 1 aromatic rings. The van der Waals surface area contributed by atoms with Gasteiger partial charge in [0.1, 0.15) is 5.75 Å². The third kappa shape index (κ3) is 4.68. The monoisotopic (exact) mass is 359 g/mol. The van der Waals surface area contributed by atoms with Crippen LogP contribution in [0.15, 0.2) is 24.3 Å². The Balaban J connectivity index is 1.53. The van der Waals surface area contributed by atoms with E-state index >= 15 is 0 Å². The zero-order chi connectivity index (χ0) is 18.4. The lowest BCUT2D eigenvalue weighted by Crippen LogP contribution is -2.45. The first-order valence-electron chi connectivity index (χ1n) is 9.75. The summed E-state index contributed by atoms with van der Waals surface area (Å²) >= 11 is 0. The summed E-state index contributed by atoms with van der Waals surface area (Å²) in [6, 6.07) is 7.62. The minimum Gasteiger partial charge on any atom is -0.494 e. The van der Waals surface area contributed by atoms with Gasteiger partial charge in [-0.15, -0.1) is 0 Å². The van der Waals surface area contributed by atoms with Crippen LogP contribution in [0.25, 0.3) is 0 Å². The molecule has 0 atom stereocenters. The number of ether oxygens (including phenoxy) is 1. The molecule has 0 aromatic heterocycles. The van der Waals surface area contributed by atoms with E-state index in [9.17, 15) is 9.59 Å². The van der Waals surface area contributed by atoms with Crippen molar-refractivity contribution in [1.29, 1.82) is 0 Å². The van der Waals surface area contributed by atoms with Crippen molar-refractivity contribution < 1.29 is 14.3 Å². The van der Waals surface area contributed by atoms with Gasteiger partial charge in [-0.05, 0) is 50.5 Å². The lowest BCUT2D eigenvalue weighted by Gasteiger charge is -2.24. The highest BCUT2D eigenvalue weighted by Gasteiger charge is 2.25. The molecule has 1 N–H and O–H groups in total. The van der Waals surface area contributed by atoms with Crippen LogP contribution in [0.3, 0.4) is 0 Å². The van der Waals surface area contributed by atoms with E-state index in [1.165, 1.54) is 12.8 Å². The lowest BCUT2D eigenvalue weighted by molar-refractivity contribution is 0.0762. The van der Waals surface area contributed by atoms with Crippen LogP contribution in [0.2, 0.25) is 0 Å². The molecule has 26 heavy (non-hydrogen) atoms. The van der Waals surface area contributed by atoms with Crippen LogP contribution in [0.4, 0.5) is 4.79 Å². The number of carbonyl (C=O) groups is 2. The van der Waals surface area contributed by atoms with Gasteiger partial charge in [0.25, 0.3) is 5.91 Å². The number of hydrogen-bond acceptors (Lipinski definition) is 3. The molecule has 142 valence electrons. The van der Waals surface area contributed by atoms with Crippen molar-refractivity contribution in [3.05, 3.63) is 29.8 Å². The topological polar surface area (TPSA) is 61.9 Å². The molecular weight excluding hydrogens is 330 g/mol. The van der Waals surface area contributed by atoms with E-state index in [4.69, 9.17) is 4.74 Å². The van der Waals surface area contributed by atoms with Crippen molar-refractivity contribution in [1.82, 2.24) is 15.1 Å². The van der Waals surface area contributed by atoms with Gasteiger partial charge in [-0.2, -0.15) is 0 Å². The fraction of sp³-hybridized carbons (Fsp3) is 0.600. The summed E-state index contributed by atoms with van der Waals surface area (Å²) in [4.78, 5) is 28.9. The second kappa shape index (κ2) is 8.92. The molecule has 1 aliphatic heterocycles. The van der Waals surface area contributed by atoms with Crippen LogP contribution >= 0.6 is 0 Å². The molecule has 2 fully saturated rings. The second-order valence-electron chi connectivity index (χ2n) is 7.02. The van der Waals surface area contributed by atoms with E-state index in [2.05, 4.69) is 5.32 Å². The Kier molecular flexibility index (Phi) is 6.36. The number of nitrogens with one attached hydrogen (secondary N) is 1. The van der Waals surface area contributed by atoms with Crippen LogP contribution in [-0.2, 0) is 0 Å². The van der Waals surface area contributed by atoms with Gasteiger partial charge < -0.3 is 19.9 Å². The minimum absolute atomic E-state index is 0.0195. The van der Waals surface area contributed by atoms with Crippen LogP contribution in [0, 0.1) is 0 Å². The van der Waals surface area contributed by atoms with E-state index < -0.39 is 0 Å². The second-order valence-corrected chi connectivity index (χ2v) is 7.02. The van der Waals surface area contributed by atoms with E-state index in [1.54, 1.807) is 0 Å². The van der Waals surface area contributed by atoms with Crippen LogP contribution < -0.4 is 10.1 Å². The summed E-state index contributed by atoms with van der Waals surface area (Å²) in [5.74, 6) is 0.792. The molecule has 6 nitrogen and oxygen atoms in total. The predicted molar refractivity (Wildman–Crippen MR) is 100 cm³/mol. The first-order valence-corrected chi connectivity index (χ1v) is 9.75. The molecule has 0 bridgehead atoms. The van der Waals surface area contributed by atoms with Crippen molar-refractivity contribution >= 4 is 11.9 Å². The smallest absolute Gasteiger partial charge is 0.317 e. The maximum atomic E-state index is 12.7. The molecule has 1 aliphatic carbocycles. The summed E-state index contributed by atoms with van der Waals surface area (Å²) in [6.07, 6.45) is 5.38. The van der Waals surface area contributed by atoms with Gasteiger partial charge in [-0.25, -0.2) is 4.79 Å². The third-order valence-corrected chi connectivity index (χ3v) is 5.17. The first-order chi connectivity index (χ1) is 12.7. The normalized spacial score (nSPS) is 18.5. The highest BCUT2D eigenvalue weighted by Crippen LogP contribution is 2.18. The maximum absolute atomic E-state index is 12.7. The average Bonchev–Trinajstić information content (AvgIpc) is 3.03. The number of rotatable bonds is 4. The molecule has 2 aliphatic rings. The van der Waals surface area contributed by atoms with Crippen molar-refractivity contribution in [2.45, 2.75) is 45.1 Å². The van der Waals surface area contributed by atoms with Gasteiger partial charge in [-0.3, -0.25) is 4.79 Å². The molecule has 0 radical (unpaired) electrons. The van der Waals surface area contributed by atoms with Crippen molar-refractivity contribution in [2.75, 3.05) is 32.8 Å². The zero-order valence-corrected chi connectivity index (χ0v) is 15.6. The van der Waals surface area contributed by atoms with Gasteiger partial charge in [-0.1, -0.05) is 12.8 Å². The molecule has 1 heterocycles. The van der Waals surface area contributed by atoms with E-state index in [0.717, 1.165) is 25.0 Å². The third-order valence-electron chi connectivity index (χ3n) is 5.17. The summed E-state index contributed by atoms with van der Waals surface area (Å²) in [5, 5.41) is 3.14. The molecule has 1 saturated carbocycles. The maximum Gasteiger partial charge on any atom is 0.317 e. The van der Waals surface area contributed by atoms with Crippen LogP contribution in [0.5, 0.6) is 5.75 Å². The Morgan fingerprint density at radius 1 is 1.00 bits per heavy atom. The molecule has 0 unspecified atom stereocenters. The molecule has 6 heteroatoms. The Hall–Kier alpha value is -2.24. The fourth-order valence-electron chi connectivity index (χ4n) is 3.70. The van der Waals surface area contributed by atoms with Crippen molar-refractivity contribution in [2.24, 2.45) is 0 Å². The number of benzene rings is 1. The number of nitrogens with zero attached hydrogens (tertiary/aromatic N) is 2. The Morgan fingerprint density at radius 3 is 2.35 bits per heavy atom. The van der Waals surface area contributed by atoms with Crippen molar-refractivity contribution in [3.8, 4) is 5.75 Å². The quantitative estimate of drug-likeness (QED) is 0.899. The van der Waals surface area contributed by atoms with Crippen LogP contribution in [-0.4, -0.2) is 60.6 Å². The molecule has 0 spiro atoms. The summed E-state index contributed by atoms with van der Waals surface area (Å²) in [5.41, 5.74) is 0.664. The molecule has 1 saturated heterocycles. The van der Waals surface area contributed by atoms with E-state index in [1.807, 2.05) is 41.0 Å². The lowest BCUT2D eigenvalue weighted by atomic mass is 10.2. The number of hydrogen-bond donors (Lipinski definition) is 1. The van der Waals surface area contributed by atoms with Crippen LogP contribution in [0.1, 0.15) is 49.4 Å². The highest BCUT2D eigenvalue weighted by atomic mass is 16.5. The number of amides is 3. The Bertz CT molecular complexity index is 611. The summed E-state index contributed by atoms with van der Waals surface area (Å²) in [6.45, 7) is 5.08. The minimum atomic E-state index is 0.0195.